The molecule has 4 aromatic rings. The smallest absolute Gasteiger partial charge is 0.231 e. The molecule has 2 aromatic heterocycles. The van der Waals surface area contributed by atoms with Crippen LogP contribution in [-0.4, -0.2) is 58.2 Å². The van der Waals surface area contributed by atoms with Gasteiger partial charge in [-0.1, -0.05) is 34.8 Å². The summed E-state index contributed by atoms with van der Waals surface area (Å²) in [5.74, 6) is 0. The summed E-state index contributed by atoms with van der Waals surface area (Å²) in [4.78, 5) is 7.77. The third-order valence-electron chi connectivity index (χ3n) is 5.83. The molecule has 0 saturated heterocycles. The van der Waals surface area contributed by atoms with Crippen LogP contribution >= 0.6 is 22.7 Å². The molecule has 0 atom stereocenters. The molecular weight excluding hydrogens is 532 g/mol. The van der Waals surface area contributed by atoms with Crippen LogP contribution in [0.2, 0.25) is 0 Å². The largest absolute Gasteiger partial charge is 0.382 e. The zero-order valence-corrected chi connectivity index (χ0v) is 24.2. The molecule has 2 aromatic carbocycles. The van der Waals surface area contributed by atoms with E-state index in [-0.39, 0.29) is 0 Å². The zero-order chi connectivity index (χ0) is 27.3. The molecule has 0 radical (unpaired) electrons. The maximum absolute atomic E-state index is 5.61. The van der Waals surface area contributed by atoms with E-state index in [0.717, 1.165) is 45.4 Å². The van der Waals surface area contributed by atoms with Gasteiger partial charge in [-0.2, -0.15) is 0 Å². The number of rotatable bonds is 16. The van der Waals surface area contributed by atoms with Crippen LogP contribution in [0.5, 0.6) is 0 Å². The fraction of sp³-hybridized carbons (Fsp3) is 0.393. The molecule has 11 heteroatoms. The van der Waals surface area contributed by atoms with E-state index in [2.05, 4.69) is 68.5 Å². The topological polar surface area (TPSA) is 93.3 Å². The summed E-state index contributed by atoms with van der Waals surface area (Å²) in [6.07, 6.45) is 0.837. The fourth-order valence-electron chi connectivity index (χ4n) is 3.71. The molecule has 4 rings (SSSR count). The van der Waals surface area contributed by atoms with Crippen molar-refractivity contribution in [3.05, 3.63) is 60.2 Å². The highest BCUT2D eigenvalue weighted by molar-refractivity contribution is 7.30. The second kappa shape index (κ2) is 15.5. The molecule has 0 N–H and O–H groups in total. The molecule has 2 heterocycles. The number of hydrogen-bond donors (Lipinski definition) is 0. The lowest BCUT2D eigenvalue weighted by Crippen LogP contribution is -2.21. The third kappa shape index (κ3) is 8.97. The van der Waals surface area contributed by atoms with E-state index in [0.29, 0.717) is 38.2 Å². The lowest BCUT2D eigenvalue weighted by Gasteiger charge is -2.20. The van der Waals surface area contributed by atoms with E-state index in [1.54, 1.807) is 7.11 Å². The third-order valence-corrected chi connectivity index (χ3v) is 7.76. The quantitative estimate of drug-likeness (QED) is 0.101. The van der Waals surface area contributed by atoms with E-state index in [1.165, 1.54) is 33.9 Å². The molecule has 0 aliphatic carbocycles. The van der Waals surface area contributed by atoms with Gasteiger partial charge < -0.3 is 19.1 Å². The molecule has 39 heavy (non-hydrogen) atoms. The Hall–Kier alpha value is -3.09. The molecule has 0 aliphatic rings. The second-order valence-electron chi connectivity index (χ2n) is 8.47. The molecule has 0 fully saturated rings. The van der Waals surface area contributed by atoms with E-state index in [1.807, 2.05) is 30.3 Å². The fourth-order valence-corrected chi connectivity index (χ4v) is 5.56. The van der Waals surface area contributed by atoms with Crippen molar-refractivity contribution in [2.45, 2.75) is 20.3 Å². The first-order chi connectivity index (χ1) is 19.2. The van der Waals surface area contributed by atoms with Gasteiger partial charge in [0, 0.05) is 25.9 Å². The number of benzene rings is 2. The van der Waals surface area contributed by atoms with E-state index in [9.17, 15) is 0 Å². The van der Waals surface area contributed by atoms with Crippen molar-refractivity contribution in [1.29, 1.82) is 0 Å². The zero-order valence-electron chi connectivity index (χ0n) is 22.6. The molecule has 0 unspecified atom stereocenters. The Labute approximate surface area is 237 Å². The van der Waals surface area contributed by atoms with Gasteiger partial charge >= 0.3 is 0 Å². The Balaban J connectivity index is 1.24. The Bertz CT molecular complexity index is 1300. The minimum atomic E-state index is 0.579. The van der Waals surface area contributed by atoms with Gasteiger partial charge in [-0.25, -0.2) is 4.98 Å². The van der Waals surface area contributed by atoms with Crippen molar-refractivity contribution in [3.63, 3.8) is 0 Å². The lowest BCUT2D eigenvalue weighted by molar-refractivity contribution is 0.0255. The summed E-state index contributed by atoms with van der Waals surface area (Å²) in [7, 11) is 1.66. The predicted molar refractivity (Wildman–Crippen MR) is 160 cm³/mol. The number of ether oxygens (including phenoxy) is 3. The monoisotopic (exact) mass is 566 g/mol. The highest BCUT2D eigenvalue weighted by atomic mass is 32.1. The number of nitrogens with zero attached hydrogens (tertiary/aromatic N) is 6. The van der Waals surface area contributed by atoms with Gasteiger partial charge in [0.1, 0.15) is 9.83 Å². The molecule has 0 bridgehead atoms. The normalized spacial score (nSPS) is 11.9. The molecule has 0 saturated carbocycles. The number of thiophene rings is 1. The van der Waals surface area contributed by atoms with Gasteiger partial charge in [0.05, 0.1) is 49.1 Å². The van der Waals surface area contributed by atoms with Crippen LogP contribution in [0.25, 0.3) is 9.53 Å². The van der Waals surface area contributed by atoms with E-state index >= 15 is 0 Å². The van der Waals surface area contributed by atoms with E-state index < -0.39 is 0 Å². The summed E-state index contributed by atoms with van der Waals surface area (Å²) in [6, 6.07) is 18.1. The number of anilines is 1. The Morgan fingerprint density at radius 1 is 0.744 bits per heavy atom. The van der Waals surface area contributed by atoms with Crippen molar-refractivity contribution in [1.82, 2.24) is 4.98 Å². The molecule has 206 valence electrons. The second-order valence-corrected chi connectivity index (χ2v) is 10.5. The SMILES string of the molecule is CCN(CC)c1ccc(N=Nc2nc3sc(N=Nc4ccc(CCOCCOCCOC)cc4)cc3s2)cc1. The number of thiazole rings is 1. The van der Waals surface area contributed by atoms with Crippen molar-refractivity contribution in [3.8, 4) is 0 Å². The van der Waals surface area contributed by atoms with Crippen LogP contribution in [0.1, 0.15) is 19.4 Å². The Kier molecular flexibility index (Phi) is 11.5. The predicted octanol–water partition coefficient (Wildman–Crippen LogP) is 8.26. The van der Waals surface area contributed by atoms with Gasteiger partial charge in [0.2, 0.25) is 5.13 Å². The molecule has 0 spiro atoms. The first-order valence-electron chi connectivity index (χ1n) is 13.0. The molecule has 0 amide bonds. The van der Waals surface area contributed by atoms with Crippen molar-refractivity contribution < 1.29 is 14.2 Å². The maximum Gasteiger partial charge on any atom is 0.231 e. The number of azo groups is 2. The summed E-state index contributed by atoms with van der Waals surface area (Å²) in [5.41, 5.74) is 3.99. The van der Waals surface area contributed by atoms with Crippen LogP contribution in [-0.2, 0) is 20.6 Å². The van der Waals surface area contributed by atoms with Crippen LogP contribution in [0, 0.1) is 0 Å². The standard InChI is InChI=1S/C28H34N6O3S2/c1-4-34(5-2)24-12-10-23(11-13-24)31-33-28-29-27-25(38-28)20-26(39-27)32-30-22-8-6-21(7-9-22)14-15-36-18-19-37-17-16-35-3/h6-13,20H,4-5,14-19H2,1-3H3. The van der Waals surface area contributed by atoms with Crippen molar-refractivity contribution in [2.75, 3.05) is 58.1 Å². The van der Waals surface area contributed by atoms with Crippen LogP contribution < -0.4 is 4.90 Å². The van der Waals surface area contributed by atoms with Gasteiger partial charge in [-0.15, -0.1) is 20.5 Å². The number of aromatic nitrogens is 1. The molecule has 0 aliphatic heterocycles. The van der Waals surface area contributed by atoms with E-state index in [4.69, 9.17) is 14.2 Å². The summed E-state index contributed by atoms with van der Waals surface area (Å²) in [5, 5.41) is 18.9. The summed E-state index contributed by atoms with van der Waals surface area (Å²) < 4.78 is 17.0. The summed E-state index contributed by atoms with van der Waals surface area (Å²) >= 11 is 2.99. The van der Waals surface area contributed by atoms with Gasteiger partial charge in [0.15, 0.2) is 0 Å². The molecule has 9 nitrogen and oxygen atoms in total. The lowest BCUT2D eigenvalue weighted by atomic mass is 10.1. The average Bonchev–Trinajstić information content (AvgIpc) is 3.53. The first-order valence-corrected chi connectivity index (χ1v) is 14.6. The minimum Gasteiger partial charge on any atom is -0.382 e. The summed E-state index contributed by atoms with van der Waals surface area (Å²) in [6.45, 7) is 9.27. The average molecular weight is 567 g/mol. The number of fused-ring (bicyclic) bond motifs is 1. The van der Waals surface area contributed by atoms with Crippen LogP contribution in [0.15, 0.2) is 75.1 Å². The van der Waals surface area contributed by atoms with Crippen molar-refractivity contribution in [2.24, 2.45) is 20.5 Å². The van der Waals surface area contributed by atoms with Gasteiger partial charge in [0.25, 0.3) is 0 Å². The maximum atomic E-state index is 5.61. The highest BCUT2D eigenvalue weighted by Crippen LogP contribution is 2.39. The van der Waals surface area contributed by atoms with Gasteiger partial charge in [-0.3, -0.25) is 0 Å². The highest BCUT2D eigenvalue weighted by Gasteiger charge is 2.08. The van der Waals surface area contributed by atoms with Crippen molar-refractivity contribution >= 4 is 59.4 Å². The minimum absolute atomic E-state index is 0.579. The first kappa shape index (κ1) is 28.9. The number of methoxy groups -OCH3 is 1. The Morgan fingerprint density at radius 2 is 1.38 bits per heavy atom. The van der Waals surface area contributed by atoms with Gasteiger partial charge in [-0.05, 0) is 68.3 Å². The van der Waals surface area contributed by atoms with Crippen LogP contribution in [0.4, 0.5) is 27.2 Å². The molecular formula is C28H34N6O3S2. The Morgan fingerprint density at radius 3 is 2.05 bits per heavy atom. The number of hydrogen-bond acceptors (Lipinski definition) is 11. The van der Waals surface area contributed by atoms with Crippen LogP contribution in [0.3, 0.4) is 0 Å².